The van der Waals surface area contributed by atoms with Gasteiger partial charge >= 0.3 is 0 Å². The summed E-state index contributed by atoms with van der Waals surface area (Å²) in [6.07, 6.45) is 2.60. The van der Waals surface area contributed by atoms with Gasteiger partial charge in [-0.3, -0.25) is 0 Å². The van der Waals surface area contributed by atoms with E-state index < -0.39 is 17.5 Å². The topological polar surface area (TPSA) is 25.8 Å². The third-order valence-electron chi connectivity index (χ3n) is 1.89. The number of hydrogen-bond donors (Lipinski definition) is 0. The predicted molar refractivity (Wildman–Crippen MR) is 47.3 cm³/mol. The van der Waals surface area contributed by atoms with E-state index >= 15 is 0 Å². The molecule has 0 unspecified atom stereocenters. The smallest absolute Gasteiger partial charge is 0.195 e. The fourth-order valence-electron chi connectivity index (χ4n) is 1.17. The minimum atomic E-state index is -1.49. The van der Waals surface area contributed by atoms with Gasteiger partial charge in [0.25, 0.3) is 0 Å². The normalized spacial score (nSPS) is 10.3. The second-order valence-corrected chi connectivity index (χ2v) is 2.82. The van der Waals surface area contributed by atoms with E-state index in [1.54, 1.807) is 0 Å². The molecule has 15 heavy (non-hydrogen) atoms. The largest absolute Gasteiger partial charge is 0.245 e. The average Bonchev–Trinajstić information content (AvgIpc) is 2.27. The Kier molecular flexibility index (Phi) is 2.37. The molecule has 5 heteroatoms. The molecule has 2 rings (SSSR count). The molecule has 76 valence electrons. The van der Waals surface area contributed by atoms with Crippen LogP contribution in [0.4, 0.5) is 13.2 Å². The maximum absolute atomic E-state index is 13.3. The standard InChI is InChI=1S/C10H5F3N2/c11-7-2-1-6(9(12)10(7)13)8-3-4-14-5-15-8/h1-5H. The van der Waals surface area contributed by atoms with Crippen molar-refractivity contribution >= 4 is 0 Å². The first kappa shape index (κ1) is 9.64. The Labute approximate surface area is 83.4 Å². The fourth-order valence-corrected chi connectivity index (χ4v) is 1.17. The van der Waals surface area contributed by atoms with Gasteiger partial charge in [0.2, 0.25) is 0 Å². The molecule has 0 aliphatic carbocycles. The van der Waals surface area contributed by atoms with Gasteiger partial charge < -0.3 is 0 Å². The van der Waals surface area contributed by atoms with Crippen LogP contribution in [0.2, 0.25) is 0 Å². The zero-order valence-corrected chi connectivity index (χ0v) is 7.42. The van der Waals surface area contributed by atoms with Gasteiger partial charge in [0.15, 0.2) is 17.5 Å². The molecule has 0 radical (unpaired) electrons. The van der Waals surface area contributed by atoms with Crippen molar-refractivity contribution in [1.82, 2.24) is 9.97 Å². The second kappa shape index (κ2) is 3.68. The molecular formula is C10H5F3N2. The summed E-state index contributed by atoms with van der Waals surface area (Å²) in [7, 11) is 0. The summed E-state index contributed by atoms with van der Waals surface area (Å²) in [5.41, 5.74) is 0.123. The maximum Gasteiger partial charge on any atom is 0.195 e. The van der Waals surface area contributed by atoms with Crippen molar-refractivity contribution in [3.8, 4) is 11.3 Å². The highest BCUT2D eigenvalue weighted by molar-refractivity contribution is 5.59. The highest BCUT2D eigenvalue weighted by Crippen LogP contribution is 2.23. The van der Waals surface area contributed by atoms with Crippen LogP contribution in [0, 0.1) is 17.5 Å². The number of halogens is 3. The van der Waals surface area contributed by atoms with Crippen LogP contribution in [0.25, 0.3) is 11.3 Å². The van der Waals surface area contributed by atoms with Crippen molar-refractivity contribution in [1.29, 1.82) is 0 Å². The van der Waals surface area contributed by atoms with E-state index in [0.29, 0.717) is 0 Å². The van der Waals surface area contributed by atoms with Crippen LogP contribution in [0.3, 0.4) is 0 Å². The zero-order chi connectivity index (χ0) is 10.8. The van der Waals surface area contributed by atoms with E-state index in [1.807, 2.05) is 0 Å². The first-order valence-electron chi connectivity index (χ1n) is 4.10. The third-order valence-corrected chi connectivity index (χ3v) is 1.89. The average molecular weight is 210 g/mol. The molecule has 0 fully saturated rings. The highest BCUT2D eigenvalue weighted by Gasteiger charge is 2.14. The molecule has 0 aliphatic rings. The van der Waals surface area contributed by atoms with Crippen LogP contribution in [-0.2, 0) is 0 Å². The van der Waals surface area contributed by atoms with Crippen LogP contribution < -0.4 is 0 Å². The quantitative estimate of drug-likeness (QED) is 0.676. The first-order valence-corrected chi connectivity index (χ1v) is 4.10. The number of aromatic nitrogens is 2. The first-order chi connectivity index (χ1) is 7.20. The van der Waals surface area contributed by atoms with Crippen LogP contribution in [0.15, 0.2) is 30.7 Å². The number of nitrogens with zero attached hydrogens (tertiary/aromatic N) is 2. The zero-order valence-electron chi connectivity index (χ0n) is 7.42. The summed E-state index contributed by atoms with van der Waals surface area (Å²) in [5.74, 6) is -3.95. The van der Waals surface area contributed by atoms with E-state index in [-0.39, 0.29) is 11.3 Å². The molecule has 0 saturated heterocycles. The van der Waals surface area contributed by atoms with Crippen molar-refractivity contribution in [2.75, 3.05) is 0 Å². The lowest BCUT2D eigenvalue weighted by atomic mass is 10.1. The molecule has 0 bridgehead atoms. The van der Waals surface area contributed by atoms with Crippen LogP contribution in [0.1, 0.15) is 0 Å². The monoisotopic (exact) mass is 210 g/mol. The lowest BCUT2D eigenvalue weighted by Gasteiger charge is -2.02. The minimum absolute atomic E-state index is 0.0868. The number of rotatable bonds is 1. The molecule has 0 aliphatic heterocycles. The van der Waals surface area contributed by atoms with Gasteiger partial charge in [0.1, 0.15) is 6.33 Å². The van der Waals surface area contributed by atoms with Gasteiger partial charge in [-0.15, -0.1) is 0 Å². The lowest BCUT2D eigenvalue weighted by molar-refractivity contribution is 0.449. The maximum atomic E-state index is 13.3. The van der Waals surface area contributed by atoms with Crippen molar-refractivity contribution < 1.29 is 13.2 Å². The van der Waals surface area contributed by atoms with Gasteiger partial charge in [-0.1, -0.05) is 0 Å². The lowest BCUT2D eigenvalue weighted by Crippen LogP contribution is -1.95. The SMILES string of the molecule is Fc1ccc(-c2ccncn2)c(F)c1F. The minimum Gasteiger partial charge on any atom is -0.245 e. The summed E-state index contributed by atoms with van der Waals surface area (Å²) in [5, 5.41) is 0. The van der Waals surface area contributed by atoms with E-state index in [2.05, 4.69) is 9.97 Å². The Balaban J connectivity index is 2.60. The van der Waals surface area contributed by atoms with Gasteiger partial charge in [0.05, 0.1) is 5.69 Å². The van der Waals surface area contributed by atoms with Gasteiger partial charge in [0, 0.05) is 11.8 Å². The van der Waals surface area contributed by atoms with Crippen LogP contribution in [0.5, 0.6) is 0 Å². The van der Waals surface area contributed by atoms with E-state index in [4.69, 9.17) is 0 Å². The Hall–Kier alpha value is -1.91. The van der Waals surface area contributed by atoms with E-state index in [0.717, 1.165) is 12.1 Å². The van der Waals surface area contributed by atoms with Crippen LogP contribution in [-0.4, -0.2) is 9.97 Å². The third kappa shape index (κ3) is 1.68. The molecule has 2 aromatic rings. The Bertz CT molecular complexity index is 486. The van der Waals surface area contributed by atoms with Crippen molar-refractivity contribution in [3.63, 3.8) is 0 Å². The van der Waals surface area contributed by atoms with Crippen LogP contribution >= 0.6 is 0 Å². The van der Waals surface area contributed by atoms with Crippen molar-refractivity contribution in [3.05, 3.63) is 48.2 Å². The molecule has 0 saturated carbocycles. The summed E-state index contributed by atoms with van der Waals surface area (Å²) in [4.78, 5) is 7.38. The molecule has 2 nitrogen and oxygen atoms in total. The summed E-state index contributed by atoms with van der Waals surface area (Å²) in [6.45, 7) is 0. The molecule has 1 heterocycles. The summed E-state index contributed by atoms with van der Waals surface area (Å²) in [6, 6.07) is 3.40. The van der Waals surface area contributed by atoms with Crippen molar-refractivity contribution in [2.45, 2.75) is 0 Å². The number of benzene rings is 1. The Morgan fingerprint density at radius 1 is 0.933 bits per heavy atom. The summed E-state index contributed by atoms with van der Waals surface area (Å²) >= 11 is 0. The van der Waals surface area contributed by atoms with E-state index in [1.165, 1.54) is 18.6 Å². The molecule has 1 aromatic heterocycles. The number of hydrogen-bond acceptors (Lipinski definition) is 2. The van der Waals surface area contributed by atoms with Gasteiger partial charge in [-0.2, -0.15) is 0 Å². The second-order valence-electron chi connectivity index (χ2n) is 2.82. The molecular weight excluding hydrogens is 205 g/mol. The van der Waals surface area contributed by atoms with Gasteiger partial charge in [-0.25, -0.2) is 23.1 Å². The van der Waals surface area contributed by atoms with Gasteiger partial charge in [-0.05, 0) is 18.2 Å². The molecule has 0 N–H and O–H groups in total. The molecule has 0 amide bonds. The Morgan fingerprint density at radius 2 is 1.73 bits per heavy atom. The fraction of sp³-hybridized carbons (Fsp3) is 0. The molecule has 1 aromatic carbocycles. The van der Waals surface area contributed by atoms with E-state index in [9.17, 15) is 13.2 Å². The molecule has 0 spiro atoms. The Morgan fingerprint density at radius 3 is 2.40 bits per heavy atom. The summed E-state index contributed by atoms with van der Waals surface area (Å²) < 4.78 is 38.8. The van der Waals surface area contributed by atoms with Crippen molar-refractivity contribution in [2.24, 2.45) is 0 Å². The highest BCUT2D eigenvalue weighted by atomic mass is 19.2. The molecule has 0 atom stereocenters. The predicted octanol–water partition coefficient (Wildman–Crippen LogP) is 2.56.